The molecule has 1 aliphatic rings. The van der Waals surface area contributed by atoms with Crippen LogP contribution in [0.1, 0.15) is 56.8 Å². The van der Waals surface area contributed by atoms with Gasteiger partial charge in [-0.2, -0.15) is 0 Å². The van der Waals surface area contributed by atoms with E-state index in [0.717, 1.165) is 23.1 Å². The molecule has 1 aliphatic heterocycles. The van der Waals surface area contributed by atoms with E-state index < -0.39 is 0 Å². The van der Waals surface area contributed by atoms with Crippen LogP contribution >= 0.6 is 0 Å². The van der Waals surface area contributed by atoms with E-state index >= 15 is 0 Å². The van der Waals surface area contributed by atoms with Crippen LogP contribution in [0.5, 0.6) is 5.75 Å². The number of likely N-dealkylation sites (N-methyl/N-ethyl adjacent to an activating group) is 1. The summed E-state index contributed by atoms with van der Waals surface area (Å²) in [4.78, 5) is 29.0. The molecule has 5 nitrogen and oxygen atoms in total. The third kappa shape index (κ3) is 5.47. The highest BCUT2D eigenvalue weighted by molar-refractivity contribution is 5.78. The lowest BCUT2D eigenvalue weighted by Gasteiger charge is -2.38. The van der Waals surface area contributed by atoms with Gasteiger partial charge < -0.3 is 14.5 Å². The smallest absolute Gasteiger partial charge is 0.260 e. The second kappa shape index (κ2) is 10.6. The van der Waals surface area contributed by atoms with Gasteiger partial charge in [0.05, 0.1) is 6.04 Å². The number of halogens is 1. The van der Waals surface area contributed by atoms with Crippen LogP contribution in [0.3, 0.4) is 0 Å². The normalized spacial score (nSPS) is 15.4. The molecule has 1 unspecified atom stereocenters. The van der Waals surface area contributed by atoms with Gasteiger partial charge in [-0.3, -0.25) is 9.59 Å². The van der Waals surface area contributed by atoms with Crippen LogP contribution in [0.15, 0.2) is 42.5 Å². The number of amides is 2. The van der Waals surface area contributed by atoms with Gasteiger partial charge >= 0.3 is 0 Å². The van der Waals surface area contributed by atoms with Crippen molar-refractivity contribution in [2.24, 2.45) is 5.92 Å². The fraction of sp³-hybridized carbons (Fsp3) is 0.462. The van der Waals surface area contributed by atoms with Crippen LogP contribution in [0.2, 0.25) is 0 Å². The zero-order chi connectivity index (χ0) is 23.3. The Morgan fingerprint density at radius 2 is 1.81 bits per heavy atom. The van der Waals surface area contributed by atoms with Gasteiger partial charge in [0.25, 0.3) is 5.91 Å². The molecule has 0 saturated heterocycles. The van der Waals surface area contributed by atoms with Gasteiger partial charge in [0.1, 0.15) is 11.6 Å². The molecule has 172 valence electrons. The highest BCUT2D eigenvalue weighted by atomic mass is 19.1. The van der Waals surface area contributed by atoms with E-state index in [1.165, 1.54) is 12.1 Å². The summed E-state index contributed by atoms with van der Waals surface area (Å²) in [6.07, 6.45) is 1.21. The lowest BCUT2D eigenvalue weighted by molar-refractivity contribution is -0.134. The number of benzene rings is 2. The Bertz CT molecular complexity index is 939. The molecule has 0 fully saturated rings. The van der Waals surface area contributed by atoms with Crippen molar-refractivity contribution in [3.63, 3.8) is 0 Å². The first-order valence-corrected chi connectivity index (χ1v) is 11.4. The first kappa shape index (κ1) is 23.8. The molecule has 0 radical (unpaired) electrons. The Balaban J connectivity index is 1.92. The second-order valence-electron chi connectivity index (χ2n) is 8.60. The van der Waals surface area contributed by atoms with Gasteiger partial charge in [0.2, 0.25) is 5.91 Å². The minimum absolute atomic E-state index is 0.0301. The lowest BCUT2D eigenvalue weighted by atomic mass is 9.87. The number of nitrogens with zero attached hydrogens (tertiary/aromatic N) is 2. The molecule has 2 aromatic carbocycles. The van der Waals surface area contributed by atoms with E-state index in [2.05, 4.69) is 0 Å². The van der Waals surface area contributed by atoms with Gasteiger partial charge in [-0.05, 0) is 67.1 Å². The number of carbonyl (C=O) groups excluding carboxylic acids is 2. The molecule has 2 amide bonds. The minimum atomic E-state index is -0.312. The fourth-order valence-corrected chi connectivity index (χ4v) is 4.24. The summed E-state index contributed by atoms with van der Waals surface area (Å²) < 4.78 is 19.4. The predicted octanol–water partition coefficient (Wildman–Crippen LogP) is 4.59. The molecule has 2 aromatic rings. The molecule has 0 spiro atoms. The zero-order valence-electron chi connectivity index (χ0n) is 19.4. The van der Waals surface area contributed by atoms with Crippen molar-refractivity contribution >= 4 is 11.8 Å². The van der Waals surface area contributed by atoms with Crippen LogP contribution in [-0.4, -0.2) is 47.9 Å². The topological polar surface area (TPSA) is 49.9 Å². The quantitative estimate of drug-likeness (QED) is 0.603. The van der Waals surface area contributed by atoms with Crippen molar-refractivity contribution in [1.29, 1.82) is 0 Å². The Labute approximate surface area is 190 Å². The van der Waals surface area contributed by atoms with Crippen LogP contribution in [-0.2, 0) is 16.0 Å². The third-order valence-corrected chi connectivity index (χ3v) is 5.91. The Hall–Kier alpha value is -2.89. The molecule has 0 aromatic heterocycles. The summed E-state index contributed by atoms with van der Waals surface area (Å²) in [5, 5.41) is 0. The van der Waals surface area contributed by atoms with Crippen LogP contribution in [0, 0.1) is 11.7 Å². The average Bonchev–Trinajstić information content (AvgIpc) is 2.77. The molecule has 1 atom stereocenters. The van der Waals surface area contributed by atoms with E-state index in [0.29, 0.717) is 31.8 Å². The molecular weight excluding hydrogens is 407 g/mol. The maximum Gasteiger partial charge on any atom is 0.260 e. The average molecular weight is 441 g/mol. The Kier molecular flexibility index (Phi) is 7.89. The summed E-state index contributed by atoms with van der Waals surface area (Å²) in [7, 11) is 0. The molecular formula is C26H33FN2O3. The SMILES string of the molecule is CCN(CC)C(=O)COc1ccc2c(c1)C(c1ccc(F)cc1)N(C(=O)CC(C)C)CC2. The molecule has 1 heterocycles. The molecule has 32 heavy (non-hydrogen) atoms. The van der Waals surface area contributed by atoms with Gasteiger partial charge in [0, 0.05) is 26.1 Å². The summed E-state index contributed by atoms with van der Waals surface area (Å²) in [5.41, 5.74) is 2.96. The predicted molar refractivity (Wildman–Crippen MR) is 123 cm³/mol. The summed E-state index contributed by atoms with van der Waals surface area (Å²) >= 11 is 0. The third-order valence-electron chi connectivity index (χ3n) is 5.91. The number of hydrogen-bond donors (Lipinski definition) is 0. The standard InChI is InChI=1S/C26H33FN2O3/c1-5-28(6-2)25(31)17-32-22-12-9-19-13-14-29(24(30)15-18(3)4)26(23(19)16-22)20-7-10-21(27)11-8-20/h7-12,16,18,26H,5-6,13-15,17H2,1-4H3. The van der Waals surface area contributed by atoms with E-state index in [1.54, 1.807) is 17.0 Å². The van der Waals surface area contributed by atoms with Gasteiger partial charge in [0.15, 0.2) is 6.61 Å². The summed E-state index contributed by atoms with van der Waals surface area (Å²) in [6.45, 7) is 9.81. The highest BCUT2D eigenvalue weighted by Gasteiger charge is 2.32. The first-order chi connectivity index (χ1) is 15.3. The van der Waals surface area contributed by atoms with Crippen molar-refractivity contribution in [2.45, 2.75) is 46.6 Å². The van der Waals surface area contributed by atoms with E-state index in [1.807, 2.05) is 50.8 Å². The molecule has 6 heteroatoms. The molecule has 0 bridgehead atoms. The monoisotopic (exact) mass is 440 g/mol. The second-order valence-corrected chi connectivity index (χ2v) is 8.60. The summed E-state index contributed by atoms with van der Waals surface area (Å²) in [5.74, 6) is 0.560. The Morgan fingerprint density at radius 3 is 2.44 bits per heavy atom. The number of carbonyl (C=O) groups is 2. The van der Waals surface area contributed by atoms with Gasteiger partial charge in [-0.15, -0.1) is 0 Å². The minimum Gasteiger partial charge on any atom is -0.484 e. The van der Waals surface area contributed by atoms with Crippen molar-refractivity contribution in [1.82, 2.24) is 9.80 Å². The lowest BCUT2D eigenvalue weighted by Crippen LogP contribution is -2.41. The Morgan fingerprint density at radius 1 is 1.12 bits per heavy atom. The number of rotatable bonds is 8. The molecule has 3 rings (SSSR count). The molecule has 0 N–H and O–H groups in total. The maximum absolute atomic E-state index is 13.6. The van der Waals surface area contributed by atoms with Crippen molar-refractivity contribution in [3.05, 3.63) is 65.0 Å². The number of hydrogen-bond acceptors (Lipinski definition) is 3. The number of fused-ring (bicyclic) bond motifs is 1. The van der Waals surface area contributed by atoms with E-state index in [9.17, 15) is 14.0 Å². The molecule has 0 aliphatic carbocycles. The first-order valence-electron chi connectivity index (χ1n) is 11.4. The zero-order valence-corrected chi connectivity index (χ0v) is 19.4. The van der Waals surface area contributed by atoms with Crippen LogP contribution < -0.4 is 4.74 Å². The van der Waals surface area contributed by atoms with Gasteiger partial charge in [-0.25, -0.2) is 4.39 Å². The highest BCUT2D eigenvalue weighted by Crippen LogP contribution is 2.38. The number of ether oxygens (including phenoxy) is 1. The fourth-order valence-electron chi connectivity index (χ4n) is 4.24. The summed E-state index contributed by atoms with van der Waals surface area (Å²) in [6, 6.07) is 11.8. The van der Waals surface area contributed by atoms with Crippen LogP contribution in [0.25, 0.3) is 0 Å². The van der Waals surface area contributed by atoms with Crippen molar-refractivity contribution in [3.8, 4) is 5.75 Å². The van der Waals surface area contributed by atoms with Crippen molar-refractivity contribution in [2.75, 3.05) is 26.2 Å². The van der Waals surface area contributed by atoms with E-state index in [4.69, 9.17) is 4.74 Å². The largest absolute Gasteiger partial charge is 0.484 e. The van der Waals surface area contributed by atoms with E-state index in [-0.39, 0.29) is 36.2 Å². The van der Waals surface area contributed by atoms with Gasteiger partial charge in [-0.1, -0.05) is 32.0 Å². The molecule has 0 saturated carbocycles. The maximum atomic E-state index is 13.6. The van der Waals surface area contributed by atoms with Crippen molar-refractivity contribution < 1.29 is 18.7 Å². The van der Waals surface area contributed by atoms with Crippen LogP contribution in [0.4, 0.5) is 4.39 Å².